The first-order chi connectivity index (χ1) is 9.28. The smallest absolute Gasteiger partial charge is 0.189 e. The Kier molecular flexibility index (Phi) is 3.32. The maximum absolute atomic E-state index is 11.1. The predicted molar refractivity (Wildman–Crippen MR) is 80.2 cm³/mol. The lowest BCUT2D eigenvalue weighted by Gasteiger charge is -2.42. The molecule has 2 aliphatic heterocycles. The van der Waals surface area contributed by atoms with Crippen molar-refractivity contribution in [2.45, 2.75) is 51.4 Å². The summed E-state index contributed by atoms with van der Waals surface area (Å²) in [5.74, 6) is 0.694. The largest absolute Gasteiger partial charge is 0.362 e. The van der Waals surface area contributed by atoms with Gasteiger partial charge < -0.3 is 14.7 Å². The number of ether oxygens (including phenoxy) is 1. The molecule has 0 aromatic heterocycles. The molecule has 2 heterocycles. The van der Waals surface area contributed by atoms with Crippen molar-refractivity contribution in [1.29, 1.82) is 0 Å². The molecule has 3 rings (SSSR count). The Labute approximate surface area is 123 Å². The van der Waals surface area contributed by atoms with Gasteiger partial charge in [-0.05, 0) is 56.8 Å². The van der Waals surface area contributed by atoms with Gasteiger partial charge in [-0.15, -0.1) is 0 Å². The average molecular weight is 279 g/mol. The number of hydrogen-bond donors (Lipinski definition) is 1. The number of rotatable bonds is 3. The highest BCUT2D eigenvalue weighted by Crippen LogP contribution is 2.62. The summed E-state index contributed by atoms with van der Waals surface area (Å²) in [5, 5.41) is 11.1. The molecule has 1 aliphatic carbocycles. The first kappa shape index (κ1) is 14.6. The lowest BCUT2D eigenvalue weighted by atomic mass is 9.76. The normalized spacial score (nSPS) is 47.0. The molecule has 1 saturated carbocycles. The van der Waals surface area contributed by atoms with Crippen LogP contribution in [0.3, 0.4) is 0 Å². The summed E-state index contributed by atoms with van der Waals surface area (Å²) in [5.41, 5.74) is 1.29. The molecular formula is C17H29NO2. The second-order valence-electron chi connectivity index (χ2n) is 7.85. The van der Waals surface area contributed by atoms with Gasteiger partial charge in [0, 0.05) is 18.4 Å². The van der Waals surface area contributed by atoms with E-state index in [1.807, 2.05) is 0 Å². The van der Waals surface area contributed by atoms with Crippen LogP contribution in [0.1, 0.15) is 40.0 Å². The van der Waals surface area contributed by atoms with Crippen LogP contribution in [0.5, 0.6) is 0 Å². The van der Waals surface area contributed by atoms with E-state index in [9.17, 15) is 5.11 Å². The Bertz CT molecular complexity index is 431. The third-order valence-electron chi connectivity index (χ3n) is 5.88. The van der Waals surface area contributed by atoms with Crippen LogP contribution < -0.4 is 0 Å². The summed E-state index contributed by atoms with van der Waals surface area (Å²) >= 11 is 0. The van der Waals surface area contributed by atoms with E-state index in [4.69, 9.17) is 4.74 Å². The maximum atomic E-state index is 11.1. The fourth-order valence-corrected chi connectivity index (χ4v) is 4.91. The molecule has 5 atom stereocenters. The highest BCUT2D eigenvalue weighted by molar-refractivity contribution is 5.30. The van der Waals surface area contributed by atoms with E-state index in [-0.39, 0.29) is 11.5 Å². The van der Waals surface area contributed by atoms with Gasteiger partial charge in [-0.3, -0.25) is 0 Å². The van der Waals surface area contributed by atoms with E-state index in [1.54, 1.807) is 0 Å². The summed E-state index contributed by atoms with van der Waals surface area (Å²) in [6.07, 6.45) is 5.50. The SMILES string of the molecule is CC(C)[C@@H]1C[C@@]23O[C@@]1(O)C=C(CN(C)C)C2CC[C@@H]3C. The van der Waals surface area contributed by atoms with Gasteiger partial charge in [0.05, 0.1) is 5.60 Å². The second kappa shape index (κ2) is 4.56. The summed E-state index contributed by atoms with van der Waals surface area (Å²) in [4.78, 5) is 2.21. The van der Waals surface area contributed by atoms with Crippen molar-refractivity contribution in [2.75, 3.05) is 20.6 Å². The van der Waals surface area contributed by atoms with Gasteiger partial charge in [0.1, 0.15) is 0 Å². The fraction of sp³-hybridized carbons (Fsp3) is 0.882. The first-order valence-electron chi connectivity index (χ1n) is 8.07. The summed E-state index contributed by atoms with van der Waals surface area (Å²) < 4.78 is 6.35. The van der Waals surface area contributed by atoms with Crippen LogP contribution >= 0.6 is 0 Å². The molecule has 3 nitrogen and oxygen atoms in total. The van der Waals surface area contributed by atoms with Crippen molar-refractivity contribution in [2.24, 2.45) is 23.7 Å². The van der Waals surface area contributed by atoms with Crippen LogP contribution in [0.2, 0.25) is 0 Å². The Morgan fingerprint density at radius 2 is 2.10 bits per heavy atom. The first-order valence-corrected chi connectivity index (χ1v) is 8.07. The van der Waals surface area contributed by atoms with Crippen molar-refractivity contribution in [3.63, 3.8) is 0 Å². The molecule has 3 aliphatic rings. The van der Waals surface area contributed by atoms with Crippen LogP contribution in [0.25, 0.3) is 0 Å². The Balaban J connectivity index is 2.03. The van der Waals surface area contributed by atoms with E-state index in [0.717, 1.165) is 13.0 Å². The molecule has 1 saturated heterocycles. The minimum Gasteiger partial charge on any atom is -0.362 e. The van der Waals surface area contributed by atoms with Crippen LogP contribution in [0.4, 0.5) is 0 Å². The summed E-state index contributed by atoms with van der Waals surface area (Å²) in [7, 11) is 4.21. The Hall–Kier alpha value is -0.380. The molecule has 0 aromatic carbocycles. The molecule has 0 radical (unpaired) electrons. The van der Waals surface area contributed by atoms with E-state index in [0.29, 0.717) is 17.8 Å². The van der Waals surface area contributed by atoms with Crippen molar-refractivity contribution in [3.05, 3.63) is 11.6 Å². The van der Waals surface area contributed by atoms with E-state index < -0.39 is 5.79 Å². The van der Waals surface area contributed by atoms with E-state index in [1.165, 1.54) is 18.4 Å². The van der Waals surface area contributed by atoms with E-state index in [2.05, 4.69) is 45.8 Å². The molecule has 0 amide bonds. The maximum Gasteiger partial charge on any atom is 0.189 e. The topological polar surface area (TPSA) is 32.7 Å². The standard InChI is InChI=1S/C17H29NO2/c1-11(2)15-9-16-12(3)6-7-14(16)13(10-18(4)5)8-17(15,19)20-16/h8,11-12,14-15,19H,6-7,9-10H2,1-5H3/t12-,14?,15-,16-,17-/m0/s1. The van der Waals surface area contributed by atoms with Crippen molar-refractivity contribution >= 4 is 0 Å². The molecular weight excluding hydrogens is 250 g/mol. The average Bonchev–Trinajstić information content (AvgIpc) is 2.76. The molecule has 3 heteroatoms. The molecule has 1 N–H and O–H groups in total. The fourth-order valence-electron chi connectivity index (χ4n) is 4.91. The van der Waals surface area contributed by atoms with Gasteiger partial charge >= 0.3 is 0 Å². The molecule has 0 aromatic rings. The van der Waals surface area contributed by atoms with Crippen molar-refractivity contribution in [3.8, 4) is 0 Å². The summed E-state index contributed by atoms with van der Waals surface area (Å²) in [6.45, 7) is 7.66. The quantitative estimate of drug-likeness (QED) is 0.806. The van der Waals surface area contributed by atoms with Gasteiger partial charge in [0.15, 0.2) is 5.79 Å². The molecule has 2 bridgehead atoms. The lowest BCUT2D eigenvalue weighted by Crippen LogP contribution is -2.48. The second-order valence-corrected chi connectivity index (χ2v) is 7.85. The lowest BCUT2D eigenvalue weighted by molar-refractivity contribution is -0.233. The van der Waals surface area contributed by atoms with Crippen molar-refractivity contribution < 1.29 is 9.84 Å². The van der Waals surface area contributed by atoms with Crippen molar-refractivity contribution in [1.82, 2.24) is 4.90 Å². The van der Waals surface area contributed by atoms with Crippen LogP contribution in [0.15, 0.2) is 11.6 Å². The van der Waals surface area contributed by atoms with Crippen LogP contribution in [0, 0.1) is 23.7 Å². The monoisotopic (exact) mass is 279 g/mol. The number of fused-ring (bicyclic) bond motifs is 1. The molecule has 2 fully saturated rings. The molecule has 114 valence electrons. The zero-order valence-electron chi connectivity index (χ0n) is 13.5. The Morgan fingerprint density at radius 3 is 2.70 bits per heavy atom. The predicted octanol–water partition coefficient (Wildman–Crippen LogP) is 2.65. The zero-order chi connectivity index (χ0) is 14.7. The number of hydrogen-bond acceptors (Lipinski definition) is 3. The third kappa shape index (κ3) is 1.90. The Morgan fingerprint density at radius 1 is 1.40 bits per heavy atom. The molecule has 20 heavy (non-hydrogen) atoms. The molecule has 1 spiro atoms. The van der Waals surface area contributed by atoms with Gasteiger partial charge in [-0.2, -0.15) is 0 Å². The minimum absolute atomic E-state index is 0.107. The highest BCUT2D eigenvalue weighted by Gasteiger charge is 2.65. The third-order valence-corrected chi connectivity index (χ3v) is 5.88. The number of nitrogens with zero attached hydrogens (tertiary/aromatic N) is 1. The van der Waals surface area contributed by atoms with Gasteiger partial charge in [0.2, 0.25) is 0 Å². The van der Waals surface area contributed by atoms with E-state index >= 15 is 0 Å². The van der Waals surface area contributed by atoms with Gasteiger partial charge in [-0.1, -0.05) is 20.8 Å². The number of likely N-dealkylation sites (N-methyl/N-ethyl adjacent to an activating group) is 1. The van der Waals surface area contributed by atoms with Crippen LogP contribution in [-0.2, 0) is 4.74 Å². The zero-order valence-corrected chi connectivity index (χ0v) is 13.5. The number of aliphatic hydroxyl groups is 1. The van der Waals surface area contributed by atoms with Gasteiger partial charge in [-0.25, -0.2) is 0 Å². The van der Waals surface area contributed by atoms with Gasteiger partial charge in [0.25, 0.3) is 0 Å². The minimum atomic E-state index is -1.03. The summed E-state index contributed by atoms with van der Waals surface area (Å²) in [6, 6.07) is 0. The highest BCUT2D eigenvalue weighted by atomic mass is 16.6. The van der Waals surface area contributed by atoms with Crippen LogP contribution in [-0.4, -0.2) is 42.0 Å². The molecule has 1 unspecified atom stereocenters.